The molecule has 0 aliphatic carbocycles. The molecule has 0 fully saturated rings. The molecule has 1 heterocycles. The van der Waals surface area contributed by atoms with Crippen LogP contribution in [0.1, 0.15) is 38.9 Å². The molecule has 0 N–H and O–H groups in total. The van der Waals surface area contributed by atoms with Gasteiger partial charge in [0.05, 0.1) is 6.54 Å². The number of hydrogen-bond donors (Lipinski definition) is 0. The molecule has 7 heteroatoms. The molecule has 1 rings (SSSR count). The first kappa shape index (κ1) is 14.9. The molecule has 0 bridgehead atoms. The Hall–Kier alpha value is -1.11. The van der Waals surface area contributed by atoms with Crippen LogP contribution in [0.15, 0.2) is 4.52 Å². The monoisotopic (exact) mass is 265 g/mol. The fourth-order valence-corrected chi connectivity index (χ4v) is 1.29. The summed E-state index contributed by atoms with van der Waals surface area (Å²) in [6, 6.07) is 0. The highest BCUT2D eigenvalue weighted by Crippen LogP contribution is 2.21. The number of alkyl halides is 3. The van der Waals surface area contributed by atoms with Gasteiger partial charge in [-0.1, -0.05) is 12.1 Å². The van der Waals surface area contributed by atoms with Crippen molar-refractivity contribution in [2.24, 2.45) is 0 Å². The Kier molecular flexibility index (Phi) is 4.37. The van der Waals surface area contributed by atoms with Crippen molar-refractivity contribution >= 4 is 0 Å². The maximum atomic E-state index is 12.1. The van der Waals surface area contributed by atoms with E-state index in [0.29, 0.717) is 6.54 Å². The van der Waals surface area contributed by atoms with E-state index < -0.39 is 12.6 Å². The molecule has 1 aromatic rings. The van der Waals surface area contributed by atoms with E-state index in [9.17, 15) is 13.2 Å². The fraction of sp³-hybridized carbons (Fsp3) is 0.818. The lowest BCUT2D eigenvalue weighted by Gasteiger charge is -2.33. The SMILES string of the molecule is CCC(C)(C)N(C)Cc1nc(CC(F)(F)F)no1. The van der Waals surface area contributed by atoms with Crippen LogP contribution < -0.4 is 0 Å². The van der Waals surface area contributed by atoms with Crippen LogP contribution in [-0.4, -0.2) is 33.8 Å². The lowest BCUT2D eigenvalue weighted by atomic mass is 10.0. The minimum absolute atomic E-state index is 0.0708. The molecule has 0 aromatic carbocycles. The zero-order valence-corrected chi connectivity index (χ0v) is 11.0. The Balaban J connectivity index is 2.65. The van der Waals surface area contributed by atoms with E-state index >= 15 is 0 Å². The second-order valence-electron chi connectivity index (χ2n) is 4.92. The van der Waals surface area contributed by atoms with Crippen LogP contribution in [0.4, 0.5) is 13.2 Å². The Morgan fingerprint density at radius 2 is 1.89 bits per heavy atom. The average molecular weight is 265 g/mol. The van der Waals surface area contributed by atoms with E-state index in [-0.39, 0.29) is 17.3 Å². The van der Waals surface area contributed by atoms with Gasteiger partial charge in [0, 0.05) is 5.54 Å². The van der Waals surface area contributed by atoms with E-state index in [2.05, 4.69) is 10.1 Å². The van der Waals surface area contributed by atoms with Gasteiger partial charge in [-0.3, -0.25) is 4.90 Å². The molecule has 0 spiro atoms. The van der Waals surface area contributed by atoms with Crippen LogP contribution in [0.5, 0.6) is 0 Å². The van der Waals surface area contributed by atoms with Gasteiger partial charge in [0.1, 0.15) is 6.42 Å². The number of halogens is 3. The van der Waals surface area contributed by atoms with Crippen molar-refractivity contribution < 1.29 is 17.7 Å². The third-order valence-electron chi connectivity index (χ3n) is 3.14. The van der Waals surface area contributed by atoms with Crippen LogP contribution in [-0.2, 0) is 13.0 Å². The maximum absolute atomic E-state index is 12.1. The Bertz CT molecular complexity index is 387. The van der Waals surface area contributed by atoms with Crippen LogP contribution in [0, 0.1) is 0 Å². The molecular weight excluding hydrogens is 247 g/mol. The first-order chi connectivity index (χ1) is 8.14. The van der Waals surface area contributed by atoms with Gasteiger partial charge in [-0.2, -0.15) is 18.2 Å². The topological polar surface area (TPSA) is 42.2 Å². The fourth-order valence-electron chi connectivity index (χ4n) is 1.29. The summed E-state index contributed by atoms with van der Waals surface area (Å²) < 4.78 is 41.2. The van der Waals surface area contributed by atoms with Crippen molar-refractivity contribution in [3.8, 4) is 0 Å². The van der Waals surface area contributed by atoms with E-state index in [1.54, 1.807) is 0 Å². The van der Waals surface area contributed by atoms with Gasteiger partial charge in [0.2, 0.25) is 5.89 Å². The minimum atomic E-state index is -4.31. The number of aromatic nitrogens is 2. The highest BCUT2D eigenvalue weighted by molar-refractivity contribution is 4.90. The summed E-state index contributed by atoms with van der Waals surface area (Å²) in [5.74, 6) is -0.113. The summed E-state index contributed by atoms with van der Waals surface area (Å²) in [5.41, 5.74) is -0.0708. The Morgan fingerprint density at radius 1 is 1.28 bits per heavy atom. The smallest absolute Gasteiger partial charge is 0.338 e. The molecule has 0 saturated carbocycles. The van der Waals surface area contributed by atoms with Crippen molar-refractivity contribution in [1.29, 1.82) is 0 Å². The van der Waals surface area contributed by atoms with Gasteiger partial charge in [-0.15, -0.1) is 0 Å². The first-order valence-corrected chi connectivity index (χ1v) is 5.73. The van der Waals surface area contributed by atoms with Gasteiger partial charge >= 0.3 is 6.18 Å². The van der Waals surface area contributed by atoms with Crippen molar-refractivity contribution in [3.63, 3.8) is 0 Å². The first-order valence-electron chi connectivity index (χ1n) is 5.73. The quantitative estimate of drug-likeness (QED) is 0.821. The molecule has 0 unspecified atom stereocenters. The lowest BCUT2D eigenvalue weighted by Crippen LogP contribution is -2.39. The van der Waals surface area contributed by atoms with Crippen molar-refractivity contribution in [2.75, 3.05) is 7.05 Å². The number of rotatable bonds is 5. The molecular formula is C11H18F3N3O. The standard InChI is InChI=1S/C11H18F3N3O/c1-5-10(2,3)17(4)7-9-15-8(16-18-9)6-11(12,13)14/h5-7H2,1-4H3. The molecule has 4 nitrogen and oxygen atoms in total. The van der Waals surface area contributed by atoms with E-state index in [1.807, 2.05) is 32.7 Å². The predicted octanol–water partition coefficient (Wildman–Crippen LogP) is 2.79. The Morgan fingerprint density at radius 3 is 2.39 bits per heavy atom. The zero-order valence-electron chi connectivity index (χ0n) is 11.0. The molecule has 0 saturated heterocycles. The van der Waals surface area contributed by atoms with Crippen molar-refractivity contribution in [2.45, 2.75) is 51.9 Å². The Labute approximate surface area is 104 Å². The third-order valence-corrected chi connectivity index (χ3v) is 3.14. The summed E-state index contributed by atoms with van der Waals surface area (Å²) in [5, 5.41) is 3.33. The molecule has 104 valence electrons. The van der Waals surface area contributed by atoms with Crippen molar-refractivity contribution in [1.82, 2.24) is 15.0 Å². The molecule has 0 atom stereocenters. The molecule has 0 aliphatic heterocycles. The third kappa shape index (κ3) is 4.29. The summed E-state index contributed by atoms with van der Waals surface area (Å²) in [6.45, 7) is 6.46. The highest BCUT2D eigenvalue weighted by atomic mass is 19.4. The largest absolute Gasteiger partial charge is 0.396 e. The van der Waals surface area contributed by atoms with Crippen LogP contribution in [0.2, 0.25) is 0 Å². The molecule has 18 heavy (non-hydrogen) atoms. The molecule has 0 aliphatic rings. The predicted molar refractivity (Wildman–Crippen MR) is 59.9 cm³/mol. The minimum Gasteiger partial charge on any atom is -0.338 e. The van der Waals surface area contributed by atoms with E-state index in [4.69, 9.17) is 4.52 Å². The zero-order chi connectivity index (χ0) is 14.0. The molecule has 0 radical (unpaired) electrons. The molecule has 1 aromatic heterocycles. The number of hydrogen-bond acceptors (Lipinski definition) is 4. The highest BCUT2D eigenvalue weighted by Gasteiger charge is 2.31. The normalized spacial score (nSPS) is 13.3. The molecule has 0 amide bonds. The average Bonchev–Trinajstić information content (AvgIpc) is 2.62. The van der Waals surface area contributed by atoms with Crippen molar-refractivity contribution in [3.05, 3.63) is 11.7 Å². The second kappa shape index (κ2) is 5.26. The van der Waals surface area contributed by atoms with Gasteiger partial charge in [-0.25, -0.2) is 0 Å². The van der Waals surface area contributed by atoms with E-state index in [0.717, 1.165) is 6.42 Å². The number of nitrogens with zero attached hydrogens (tertiary/aromatic N) is 3. The van der Waals surface area contributed by atoms with Gasteiger partial charge < -0.3 is 4.52 Å². The second-order valence-corrected chi connectivity index (χ2v) is 4.92. The lowest BCUT2D eigenvalue weighted by molar-refractivity contribution is -0.128. The van der Waals surface area contributed by atoms with Crippen LogP contribution >= 0.6 is 0 Å². The summed E-state index contributed by atoms with van der Waals surface area (Å²) in [7, 11) is 1.87. The van der Waals surface area contributed by atoms with Gasteiger partial charge in [0.15, 0.2) is 5.82 Å². The van der Waals surface area contributed by atoms with Gasteiger partial charge in [-0.05, 0) is 27.3 Å². The van der Waals surface area contributed by atoms with Crippen LogP contribution in [0.25, 0.3) is 0 Å². The summed E-state index contributed by atoms with van der Waals surface area (Å²) in [6.07, 6.45) is -4.56. The summed E-state index contributed by atoms with van der Waals surface area (Å²) >= 11 is 0. The summed E-state index contributed by atoms with van der Waals surface area (Å²) in [4.78, 5) is 5.71. The van der Waals surface area contributed by atoms with Crippen LogP contribution in [0.3, 0.4) is 0 Å². The van der Waals surface area contributed by atoms with Gasteiger partial charge in [0.25, 0.3) is 0 Å². The maximum Gasteiger partial charge on any atom is 0.396 e. The van der Waals surface area contributed by atoms with E-state index in [1.165, 1.54) is 0 Å².